The lowest BCUT2D eigenvalue weighted by Gasteiger charge is -2.32. The van der Waals surface area contributed by atoms with Gasteiger partial charge in [0, 0.05) is 25.2 Å². The summed E-state index contributed by atoms with van der Waals surface area (Å²) in [6.45, 7) is 6.88. The van der Waals surface area contributed by atoms with E-state index in [0.29, 0.717) is 6.04 Å². The summed E-state index contributed by atoms with van der Waals surface area (Å²) in [5, 5.41) is 0. The molecule has 1 fully saturated rings. The Labute approximate surface area is 123 Å². The Morgan fingerprint density at radius 1 is 1.25 bits per heavy atom. The second-order valence-electron chi connectivity index (χ2n) is 6.12. The van der Waals surface area contributed by atoms with Crippen molar-refractivity contribution >= 4 is 0 Å². The Bertz CT molecular complexity index is 379. The number of nitrogens with two attached hydrogens (primary N) is 1. The molecule has 1 aliphatic heterocycles. The molecule has 3 heteroatoms. The highest BCUT2D eigenvalue weighted by molar-refractivity contribution is 5.15. The lowest BCUT2D eigenvalue weighted by molar-refractivity contribution is 0.173. The third-order valence-electron chi connectivity index (χ3n) is 4.30. The molecule has 2 rings (SSSR count). The molecular formula is C17H29N3. The zero-order valence-corrected chi connectivity index (χ0v) is 13.0. The smallest absolute Gasteiger partial charge is 0.0221 e. The third kappa shape index (κ3) is 4.58. The summed E-state index contributed by atoms with van der Waals surface area (Å²) in [5.41, 5.74) is 7.73. The molecule has 20 heavy (non-hydrogen) atoms. The zero-order valence-electron chi connectivity index (χ0n) is 13.0. The molecule has 1 heterocycles. The van der Waals surface area contributed by atoms with Gasteiger partial charge in [0.15, 0.2) is 0 Å². The van der Waals surface area contributed by atoms with E-state index in [0.717, 1.165) is 13.0 Å². The molecule has 3 nitrogen and oxygen atoms in total. The Kier molecular flexibility index (Phi) is 6.02. The van der Waals surface area contributed by atoms with Crippen LogP contribution in [0.4, 0.5) is 0 Å². The normalized spacial score (nSPS) is 23.4. The van der Waals surface area contributed by atoms with E-state index in [1.165, 1.54) is 38.0 Å². The van der Waals surface area contributed by atoms with E-state index in [-0.39, 0.29) is 6.04 Å². The molecule has 0 amide bonds. The monoisotopic (exact) mass is 275 g/mol. The molecule has 0 aliphatic carbocycles. The van der Waals surface area contributed by atoms with Crippen LogP contribution in [-0.4, -0.2) is 55.1 Å². The van der Waals surface area contributed by atoms with Crippen LogP contribution in [0.1, 0.15) is 25.3 Å². The van der Waals surface area contributed by atoms with E-state index in [1.54, 1.807) is 0 Å². The fraction of sp³-hybridized carbons (Fsp3) is 0.647. The molecule has 0 bridgehead atoms. The van der Waals surface area contributed by atoms with Gasteiger partial charge < -0.3 is 10.6 Å². The summed E-state index contributed by atoms with van der Waals surface area (Å²) in [7, 11) is 2.23. The number of hydrogen-bond acceptors (Lipinski definition) is 3. The predicted molar refractivity (Wildman–Crippen MR) is 85.9 cm³/mol. The molecule has 0 aromatic heterocycles. The lowest BCUT2D eigenvalue weighted by atomic mass is 10.0. The summed E-state index contributed by atoms with van der Waals surface area (Å²) in [4.78, 5) is 5.06. The molecule has 2 N–H and O–H groups in total. The molecule has 112 valence electrons. The van der Waals surface area contributed by atoms with Gasteiger partial charge in [0.1, 0.15) is 0 Å². The van der Waals surface area contributed by atoms with Crippen molar-refractivity contribution in [2.24, 2.45) is 5.73 Å². The molecule has 1 aromatic rings. The van der Waals surface area contributed by atoms with Crippen LogP contribution in [0, 0.1) is 0 Å². The second-order valence-corrected chi connectivity index (χ2v) is 6.12. The lowest BCUT2D eigenvalue weighted by Crippen LogP contribution is -2.46. The Morgan fingerprint density at radius 3 is 2.70 bits per heavy atom. The summed E-state index contributed by atoms with van der Waals surface area (Å²) >= 11 is 0. The first kappa shape index (κ1) is 15.5. The number of likely N-dealkylation sites (N-methyl/N-ethyl adjacent to an activating group) is 1. The first-order chi connectivity index (χ1) is 9.69. The van der Waals surface area contributed by atoms with Gasteiger partial charge in [-0.25, -0.2) is 0 Å². The van der Waals surface area contributed by atoms with Crippen molar-refractivity contribution in [2.45, 2.75) is 38.3 Å². The van der Waals surface area contributed by atoms with Gasteiger partial charge in [-0.1, -0.05) is 37.3 Å². The number of benzene rings is 1. The van der Waals surface area contributed by atoms with Crippen LogP contribution in [-0.2, 0) is 6.42 Å². The zero-order chi connectivity index (χ0) is 14.4. The first-order valence-electron chi connectivity index (χ1n) is 7.91. The summed E-state index contributed by atoms with van der Waals surface area (Å²) in [6.07, 6.45) is 3.44. The SMILES string of the molecule is CCC1CN(C)CCCN1CC(N)Cc1ccccc1. The van der Waals surface area contributed by atoms with Crippen molar-refractivity contribution < 1.29 is 0 Å². The van der Waals surface area contributed by atoms with Gasteiger partial charge >= 0.3 is 0 Å². The van der Waals surface area contributed by atoms with E-state index in [4.69, 9.17) is 5.73 Å². The molecule has 2 atom stereocenters. The summed E-state index contributed by atoms with van der Waals surface area (Å²) in [6, 6.07) is 11.5. The van der Waals surface area contributed by atoms with Crippen molar-refractivity contribution in [3.63, 3.8) is 0 Å². The van der Waals surface area contributed by atoms with Gasteiger partial charge in [0.25, 0.3) is 0 Å². The highest BCUT2D eigenvalue weighted by Gasteiger charge is 2.23. The van der Waals surface area contributed by atoms with Crippen molar-refractivity contribution in [3.8, 4) is 0 Å². The van der Waals surface area contributed by atoms with Crippen LogP contribution in [0.2, 0.25) is 0 Å². The molecule has 1 aromatic carbocycles. The minimum atomic E-state index is 0.231. The van der Waals surface area contributed by atoms with Gasteiger partial charge in [-0.2, -0.15) is 0 Å². The van der Waals surface area contributed by atoms with Crippen LogP contribution in [0.15, 0.2) is 30.3 Å². The number of hydrogen-bond donors (Lipinski definition) is 1. The Morgan fingerprint density at radius 2 is 2.00 bits per heavy atom. The minimum absolute atomic E-state index is 0.231. The Hall–Kier alpha value is -0.900. The molecule has 0 spiro atoms. The topological polar surface area (TPSA) is 32.5 Å². The van der Waals surface area contributed by atoms with Crippen LogP contribution in [0.3, 0.4) is 0 Å². The standard InChI is InChI=1S/C17H29N3/c1-3-17-14-19(2)10-7-11-20(17)13-16(18)12-15-8-5-4-6-9-15/h4-6,8-9,16-17H,3,7,10-14,18H2,1-2H3. The third-order valence-corrected chi connectivity index (χ3v) is 4.30. The van der Waals surface area contributed by atoms with Gasteiger partial charge in [0.2, 0.25) is 0 Å². The van der Waals surface area contributed by atoms with Crippen molar-refractivity contribution in [3.05, 3.63) is 35.9 Å². The Balaban J connectivity index is 1.89. The molecule has 1 aliphatic rings. The maximum absolute atomic E-state index is 6.38. The summed E-state index contributed by atoms with van der Waals surface area (Å²) < 4.78 is 0. The van der Waals surface area contributed by atoms with Crippen LogP contribution in [0.5, 0.6) is 0 Å². The van der Waals surface area contributed by atoms with Crippen molar-refractivity contribution in [1.29, 1.82) is 0 Å². The van der Waals surface area contributed by atoms with Crippen molar-refractivity contribution in [1.82, 2.24) is 9.80 Å². The highest BCUT2D eigenvalue weighted by atomic mass is 15.2. The van der Waals surface area contributed by atoms with Gasteiger partial charge in [-0.15, -0.1) is 0 Å². The van der Waals surface area contributed by atoms with Gasteiger partial charge in [-0.05, 0) is 45.0 Å². The van der Waals surface area contributed by atoms with Gasteiger partial charge in [-0.3, -0.25) is 4.90 Å². The van der Waals surface area contributed by atoms with Crippen LogP contribution < -0.4 is 5.73 Å². The molecule has 2 unspecified atom stereocenters. The summed E-state index contributed by atoms with van der Waals surface area (Å²) in [5.74, 6) is 0. The largest absolute Gasteiger partial charge is 0.326 e. The second kappa shape index (κ2) is 7.77. The van der Waals surface area contributed by atoms with E-state index >= 15 is 0 Å². The molecular weight excluding hydrogens is 246 g/mol. The predicted octanol–water partition coefficient (Wildman–Crippen LogP) is 1.97. The minimum Gasteiger partial charge on any atom is -0.326 e. The maximum atomic E-state index is 6.38. The molecule has 0 radical (unpaired) electrons. The van der Waals surface area contributed by atoms with Crippen LogP contribution in [0.25, 0.3) is 0 Å². The fourth-order valence-electron chi connectivity index (χ4n) is 3.20. The maximum Gasteiger partial charge on any atom is 0.0221 e. The van der Waals surface area contributed by atoms with Crippen LogP contribution >= 0.6 is 0 Å². The van der Waals surface area contributed by atoms with E-state index < -0.39 is 0 Å². The van der Waals surface area contributed by atoms with E-state index in [9.17, 15) is 0 Å². The highest BCUT2D eigenvalue weighted by Crippen LogP contribution is 2.13. The molecule has 1 saturated heterocycles. The van der Waals surface area contributed by atoms with E-state index in [1.807, 2.05) is 0 Å². The average molecular weight is 275 g/mol. The number of rotatable bonds is 5. The fourth-order valence-corrected chi connectivity index (χ4v) is 3.20. The van der Waals surface area contributed by atoms with Gasteiger partial charge in [0.05, 0.1) is 0 Å². The first-order valence-corrected chi connectivity index (χ1v) is 7.91. The van der Waals surface area contributed by atoms with E-state index in [2.05, 4.69) is 54.1 Å². The van der Waals surface area contributed by atoms with Crippen molar-refractivity contribution in [2.75, 3.05) is 33.2 Å². The average Bonchev–Trinajstić information content (AvgIpc) is 2.61. The quantitative estimate of drug-likeness (QED) is 0.892. The number of nitrogens with zero attached hydrogens (tertiary/aromatic N) is 2. The molecule has 0 saturated carbocycles.